The molecule has 5 nitrogen and oxygen atoms in total. The summed E-state index contributed by atoms with van der Waals surface area (Å²) in [6.07, 6.45) is 1.89. The van der Waals surface area contributed by atoms with E-state index in [2.05, 4.69) is 35.5 Å². The minimum atomic E-state index is 0. The van der Waals surface area contributed by atoms with E-state index in [-0.39, 0.29) is 30.6 Å². The zero-order chi connectivity index (χ0) is 17.8. The molecule has 0 fully saturated rings. The molecule has 1 aromatic rings. The smallest absolute Gasteiger partial charge is 0.191 e. The number of halogens is 1. The summed E-state index contributed by atoms with van der Waals surface area (Å²) in [5, 5.41) is 24.7. The van der Waals surface area contributed by atoms with Crippen molar-refractivity contribution in [2.75, 3.05) is 19.7 Å². The van der Waals surface area contributed by atoms with Crippen LogP contribution >= 0.6 is 24.0 Å². The highest BCUT2D eigenvalue weighted by molar-refractivity contribution is 14.0. The van der Waals surface area contributed by atoms with Gasteiger partial charge in [0.25, 0.3) is 0 Å². The SMILES string of the molecule is CCNC(=NCc1ccc(C#N)cc1)NCC(CCO)CC(C)C.I. The molecule has 0 aliphatic heterocycles. The van der Waals surface area contributed by atoms with Crippen LogP contribution in [0.2, 0.25) is 0 Å². The van der Waals surface area contributed by atoms with E-state index in [1.807, 2.05) is 31.2 Å². The first kappa shape index (κ1) is 23.7. The van der Waals surface area contributed by atoms with Crippen LogP contribution in [0.3, 0.4) is 0 Å². The fourth-order valence-corrected chi connectivity index (χ4v) is 2.59. The lowest BCUT2D eigenvalue weighted by Gasteiger charge is -2.20. The van der Waals surface area contributed by atoms with Crippen molar-refractivity contribution in [1.82, 2.24) is 10.6 Å². The van der Waals surface area contributed by atoms with E-state index in [9.17, 15) is 5.11 Å². The van der Waals surface area contributed by atoms with Crippen molar-refractivity contribution >= 4 is 29.9 Å². The molecule has 6 heteroatoms. The van der Waals surface area contributed by atoms with Crippen molar-refractivity contribution in [3.8, 4) is 6.07 Å². The number of nitriles is 1. The van der Waals surface area contributed by atoms with Gasteiger partial charge in [-0.05, 0) is 49.3 Å². The average molecular weight is 458 g/mol. The number of benzene rings is 1. The largest absolute Gasteiger partial charge is 0.396 e. The van der Waals surface area contributed by atoms with Gasteiger partial charge < -0.3 is 15.7 Å². The zero-order valence-corrected chi connectivity index (χ0v) is 17.8. The molecule has 1 atom stereocenters. The van der Waals surface area contributed by atoms with Crippen molar-refractivity contribution in [1.29, 1.82) is 5.26 Å². The van der Waals surface area contributed by atoms with Crippen LogP contribution in [0.4, 0.5) is 0 Å². The van der Waals surface area contributed by atoms with Crippen LogP contribution in [0, 0.1) is 23.2 Å². The van der Waals surface area contributed by atoms with Gasteiger partial charge in [0.2, 0.25) is 0 Å². The van der Waals surface area contributed by atoms with Gasteiger partial charge in [0, 0.05) is 19.7 Å². The lowest BCUT2D eigenvalue weighted by atomic mass is 9.94. The quantitative estimate of drug-likeness (QED) is 0.302. The lowest BCUT2D eigenvalue weighted by Crippen LogP contribution is -2.40. The van der Waals surface area contributed by atoms with Crippen LogP contribution in [0.25, 0.3) is 0 Å². The third kappa shape index (κ3) is 10.3. The van der Waals surface area contributed by atoms with E-state index < -0.39 is 0 Å². The number of nitrogens with zero attached hydrogens (tertiary/aromatic N) is 2. The van der Waals surface area contributed by atoms with Crippen molar-refractivity contribution in [3.63, 3.8) is 0 Å². The molecule has 3 N–H and O–H groups in total. The van der Waals surface area contributed by atoms with Gasteiger partial charge in [0.05, 0.1) is 18.2 Å². The number of aliphatic hydroxyl groups is 1. The van der Waals surface area contributed by atoms with Crippen LogP contribution in [-0.2, 0) is 6.54 Å². The van der Waals surface area contributed by atoms with Gasteiger partial charge in [0.1, 0.15) is 0 Å². The highest BCUT2D eigenvalue weighted by Gasteiger charge is 2.11. The third-order valence-electron chi connectivity index (χ3n) is 3.75. The number of nitrogens with one attached hydrogen (secondary N) is 2. The summed E-state index contributed by atoms with van der Waals surface area (Å²) in [5.74, 6) is 1.84. The van der Waals surface area contributed by atoms with Gasteiger partial charge in [-0.2, -0.15) is 5.26 Å². The van der Waals surface area contributed by atoms with Crippen molar-refractivity contribution in [3.05, 3.63) is 35.4 Å². The second-order valence-electron chi connectivity index (χ2n) is 6.39. The van der Waals surface area contributed by atoms with E-state index in [4.69, 9.17) is 5.26 Å². The van der Waals surface area contributed by atoms with Crippen LogP contribution in [0.15, 0.2) is 29.3 Å². The van der Waals surface area contributed by atoms with Gasteiger partial charge in [-0.3, -0.25) is 0 Å². The maximum absolute atomic E-state index is 9.22. The summed E-state index contributed by atoms with van der Waals surface area (Å²) in [6.45, 7) is 8.83. The molecule has 0 radical (unpaired) electrons. The third-order valence-corrected chi connectivity index (χ3v) is 3.75. The Morgan fingerprint density at radius 1 is 1.24 bits per heavy atom. The van der Waals surface area contributed by atoms with Crippen LogP contribution in [0.1, 0.15) is 44.7 Å². The molecule has 1 unspecified atom stereocenters. The summed E-state index contributed by atoms with van der Waals surface area (Å²) in [7, 11) is 0. The molecule has 0 bridgehead atoms. The fraction of sp³-hybridized carbons (Fsp3) is 0.579. The first-order valence-corrected chi connectivity index (χ1v) is 8.71. The van der Waals surface area contributed by atoms with E-state index in [0.29, 0.717) is 23.9 Å². The molecule has 0 aromatic heterocycles. The molecule has 1 aromatic carbocycles. The molecule has 0 amide bonds. The highest BCUT2D eigenvalue weighted by atomic mass is 127. The van der Waals surface area contributed by atoms with E-state index in [1.165, 1.54) is 0 Å². The topological polar surface area (TPSA) is 80.4 Å². The van der Waals surface area contributed by atoms with Crippen LogP contribution < -0.4 is 10.6 Å². The first-order chi connectivity index (χ1) is 11.6. The molecule has 25 heavy (non-hydrogen) atoms. The first-order valence-electron chi connectivity index (χ1n) is 8.71. The molecular weight excluding hydrogens is 427 g/mol. The predicted molar refractivity (Wildman–Crippen MR) is 114 cm³/mol. The number of aliphatic imine (C=N–C) groups is 1. The van der Waals surface area contributed by atoms with Gasteiger partial charge in [0.15, 0.2) is 5.96 Å². The van der Waals surface area contributed by atoms with E-state index in [0.717, 1.165) is 37.5 Å². The van der Waals surface area contributed by atoms with E-state index in [1.54, 1.807) is 0 Å². The standard InChI is InChI=1S/C19H30N4O.HI/c1-4-21-19(23-14-18(9-10-24)11-15(2)3)22-13-17-7-5-16(12-20)6-8-17;/h5-8,15,18,24H,4,9-11,13-14H2,1-3H3,(H2,21,22,23);1H. The number of guanidine groups is 1. The summed E-state index contributed by atoms with van der Waals surface area (Å²) in [4.78, 5) is 4.60. The Bertz CT molecular complexity index is 537. The predicted octanol–water partition coefficient (Wildman–Crippen LogP) is 3.28. The molecule has 0 saturated carbocycles. The second-order valence-corrected chi connectivity index (χ2v) is 6.39. The maximum atomic E-state index is 9.22. The molecule has 0 spiro atoms. The van der Waals surface area contributed by atoms with Gasteiger partial charge in [-0.15, -0.1) is 24.0 Å². The Balaban J connectivity index is 0.00000576. The monoisotopic (exact) mass is 458 g/mol. The summed E-state index contributed by atoms with van der Waals surface area (Å²) in [5.41, 5.74) is 1.73. The molecule has 0 saturated heterocycles. The van der Waals surface area contributed by atoms with Crippen molar-refractivity contribution in [2.45, 2.75) is 40.2 Å². The number of hydrogen-bond acceptors (Lipinski definition) is 3. The minimum Gasteiger partial charge on any atom is -0.396 e. The lowest BCUT2D eigenvalue weighted by molar-refractivity contribution is 0.243. The van der Waals surface area contributed by atoms with Crippen molar-refractivity contribution in [2.24, 2.45) is 16.8 Å². The average Bonchev–Trinajstić information content (AvgIpc) is 2.57. The molecule has 140 valence electrons. The highest BCUT2D eigenvalue weighted by Crippen LogP contribution is 2.14. The Kier molecular flexibility index (Phi) is 13.2. The van der Waals surface area contributed by atoms with Crippen LogP contribution in [0.5, 0.6) is 0 Å². The van der Waals surface area contributed by atoms with Crippen molar-refractivity contribution < 1.29 is 5.11 Å². The molecular formula is C19H31IN4O. The Hall–Kier alpha value is -1.33. The van der Waals surface area contributed by atoms with Crippen LogP contribution in [-0.4, -0.2) is 30.8 Å². The maximum Gasteiger partial charge on any atom is 0.191 e. The second kappa shape index (κ2) is 13.9. The van der Waals surface area contributed by atoms with Gasteiger partial charge in [-0.25, -0.2) is 4.99 Å². The number of hydrogen-bond donors (Lipinski definition) is 3. The Labute approximate surface area is 169 Å². The molecule has 1 rings (SSSR count). The van der Waals surface area contributed by atoms with E-state index >= 15 is 0 Å². The number of rotatable bonds is 9. The molecule has 0 aliphatic carbocycles. The summed E-state index contributed by atoms with van der Waals surface area (Å²) in [6, 6.07) is 9.60. The zero-order valence-electron chi connectivity index (χ0n) is 15.5. The summed E-state index contributed by atoms with van der Waals surface area (Å²) >= 11 is 0. The molecule has 0 heterocycles. The summed E-state index contributed by atoms with van der Waals surface area (Å²) < 4.78 is 0. The Morgan fingerprint density at radius 3 is 2.44 bits per heavy atom. The number of aliphatic hydroxyl groups excluding tert-OH is 1. The van der Waals surface area contributed by atoms with Gasteiger partial charge in [-0.1, -0.05) is 26.0 Å². The fourth-order valence-electron chi connectivity index (χ4n) is 2.59. The van der Waals surface area contributed by atoms with Gasteiger partial charge >= 0.3 is 0 Å². The normalized spacial score (nSPS) is 12.2. The minimum absolute atomic E-state index is 0. The molecule has 0 aliphatic rings. The Morgan fingerprint density at radius 2 is 1.92 bits per heavy atom.